The predicted molar refractivity (Wildman–Crippen MR) is 52.7 cm³/mol. The summed E-state index contributed by atoms with van der Waals surface area (Å²) in [6, 6.07) is 2.70. The van der Waals surface area contributed by atoms with Crippen LogP contribution in [0.2, 0.25) is 0 Å². The van der Waals surface area contributed by atoms with Gasteiger partial charge in [-0.3, -0.25) is 4.68 Å². The van der Waals surface area contributed by atoms with Crippen LogP contribution in [0, 0.1) is 6.92 Å². The minimum Gasteiger partial charge on any atom is -0.317 e. The lowest BCUT2D eigenvalue weighted by molar-refractivity contribution is 0.413. The Kier molecular flexibility index (Phi) is 2.64. The summed E-state index contributed by atoms with van der Waals surface area (Å²) in [6.45, 7) is 4.34. The summed E-state index contributed by atoms with van der Waals surface area (Å²) in [4.78, 5) is 0. The molecule has 1 aliphatic rings. The van der Waals surface area contributed by atoms with Gasteiger partial charge in [-0.25, -0.2) is 0 Å². The van der Waals surface area contributed by atoms with Crippen molar-refractivity contribution < 1.29 is 0 Å². The number of hydrogen-bond donors (Lipinski definition) is 1. The Balaban J connectivity index is 2.06. The Labute approximate surface area is 79.1 Å². The fourth-order valence-corrected chi connectivity index (χ4v) is 1.90. The molecule has 1 fully saturated rings. The molecule has 72 valence electrons. The molecular weight excluding hydrogens is 162 g/mol. The molecule has 1 atom stereocenters. The highest BCUT2D eigenvalue weighted by atomic mass is 15.3. The summed E-state index contributed by atoms with van der Waals surface area (Å²) >= 11 is 0. The lowest BCUT2D eigenvalue weighted by Gasteiger charge is -2.13. The second kappa shape index (κ2) is 3.92. The molecule has 13 heavy (non-hydrogen) atoms. The van der Waals surface area contributed by atoms with Gasteiger partial charge in [0.2, 0.25) is 0 Å². The molecule has 0 aromatic carbocycles. The van der Waals surface area contributed by atoms with E-state index in [-0.39, 0.29) is 0 Å². The zero-order valence-corrected chi connectivity index (χ0v) is 8.16. The minimum absolute atomic E-state index is 0.615. The first kappa shape index (κ1) is 8.75. The van der Waals surface area contributed by atoms with Crippen molar-refractivity contribution in [3.63, 3.8) is 0 Å². The van der Waals surface area contributed by atoms with E-state index in [4.69, 9.17) is 0 Å². The van der Waals surface area contributed by atoms with E-state index in [0.717, 1.165) is 18.8 Å². The molecule has 0 spiro atoms. The molecule has 0 radical (unpaired) electrons. The van der Waals surface area contributed by atoms with Crippen LogP contribution in [-0.4, -0.2) is 22.9 Å². The number of rotatable bonds is 1. The van der Waals surface area contributed by atoms with Gasteiger partial charge in [0.05, 0.1) is 11.7 Å². The number of aryl methyl sites for hydroxylation is 1. The van der Waals surface area contributed by atoms with Crippen molar-refractivity contribution in [2.24, 2.45) is 0 Å². The molecule has 1 aromatic heterocycles. The monoisotopic (exact) mass is 179 g/mol. The van der Waals surface area contributed by atoms with Gasteiger partial charge in [0.1, 0.15) is 0 Å². The average Bonchev–Trinajstić information content (AvgIpc) is 2.43. The van der Waals surface area contributed by atoms with E-state index in [1.54, 1.807) is 0 Å². The topological polar surface area (TPSA) is 29.9 Å². The Bertz CT molecular complexity index is 259. The highest BCUT2D eigenvalue weighted by Crippen LogP contribution is 2.18. The summed E-state index contributed by atoms with van der Waals surface area (Å²) in [5.41, 5.74) is 1.12. The maximum absolute atomic E-state index is 4.46. The summed E-state index contributed by atoms with van der Waals surface area (Å²) in [5.74, 6) is 0. The Hall–Kier alpha value is -0.830. The van der Waals surface area contributed by atoms with Crippen molar-refractivity contribution in [2.75, 3.05) is 13.1 Å². The fourth-order valence-electron chi connectivity index (χ4n) is 1.90. The summed E-state index contributed by atoms with van der Waals surface area (Å²) in [5, 5.41) is 7.88. The first-order chi connectivity index (χ1) is 6.36. The molecule has 1 aromatic rings. The van der Waals surface area contributed by atoms with Crippen molar-refractivity contribution in [1.29, 1.82) is 0 Å². The van der Waals surface area contributed by atoms with E-state index in [1.807, 2.05) is 6.92 Å². The van der Waals surface area contributed by atoms with Gasteiger partial charge >= 0.3 is 0 Å². The van der Waals surface area contributed by atoms with Gasteiger partial charge in [0.15, 0.2) is 0 Å². The van der Waals surface area contributed by atoms with E-state index in [9.17, 15) is 0 Å². The number of nitrogens with one attached hydrogen (secondary N) is 1. The molecule has 3 heteroatoms. The normalized spacial score (nSPS) is 24.2. The summed E-state index contributed by atoms with van der Waals surface area (Å²) in [6.07, 6.45) is 5.84. The van der Waals surface area contributed by atoms with Crippen LogP contribution in [0.15, 0.2) is 12.3 Å². The molecule has 1 N–H and O–H groups in total. The number of aromatic nitrogens is 2. The molecule has 0 saturated carbocycles. The molecule has 1 saturated heterocycles. The van der Waals surface area contributed by atoms with Crippen molar-refractivity contribution >= 4 is 0 Å². The van der Waals surface area contributed by atoms with Crippen LogP contribution in [-0.2, 0) is 0 Å². The molecule has 0 amide bonds. The molecular formula is C10H17N3. The van der Waals surface area contributed by atoms with Crippen LogP contribution in [0.3, 0.4) is 0 Å². The van der Waals surface area contributed by atoms with E-state index in [2.05, 4.69) is 27.4 Å². The summed E-state index contributed by atoms with van der Waals surface area (Å²) in [7, 11) is 0. The first-order valence-electron chi connectivity index (χ1n) is 5.09. The third-order valence-electron chi connectivity index (χ3n) is 2.66. The molecule has 0 aliphatic carbocycles. The van der Waals surface area contributed by atoms with E-state index in [1.165, 1.54) is 19.3 Å². The van der Waals surface area contributed by atoms with Gasteiger partial charge in [-0.1, -0.05) is 0 Å². The third-order valence-corrected chi connectivity index (χ3v) is 2.66. The van der Waals surface area contributed by atoms with Gasteiger partial charge in [-0.2, -0.15) is 5.10 Å². The van der Waals surface area contributed by atoms with Gasteiger partial charge in [0.25, 0.3) is 0 Å². The van der Waals surface area contributed by atoms with Crippen LogP contribution in [0.1, 0.15) is 31.0 Å². The van der Waals surface area contributed by atoms with Gasteiger partial charge in [0, 0.05) is 6.20 Å². The van der Waals surface area contributed by atoms with Crippen LogP contribution in [0.4, 0.5) is 0 Å². The molecule has 1 unspecified atom stereocenters. The standard InChI is InChI=1S/C10H17N3/c1-9-5-8-13(12-9)10-3-2-6-11-7-4-10/h5,8,10-11H,2-4,6-7H2,1H3. The zero-order valence-electron chi connectivity index (χ0n) is 8.16. The number of nitrogens with zero attached hydrogens (tertiary/aromatic N) is 2. The molecule has 2 rings (SSSR count). The average molecular weight is 179 g/mol. The maximum atomic E-state index is 4.46. The third kappa shape index (κ3) is 2.10. The number of hydrogen-bond acceptors (Lipinski definition) is 2. The van der Waals surface area contributed by atoms with Crippen LogP contribution >= 0.6 is 0 Å². The lowest BCUT2D eigenvalue weighted by Crippen LogP contribution is -2.15. The van der Waals surface area contributed by atoms with Gasteiger partial charge in [-0.05, 0) is 45.3 Å². The van der Waals surface area contributed by atoms with Crippen LogP contribution in [0.25, 0.3) is 0 Å². The highest BCUT2D eigenvalue weighted by Gasteiger charge is 2.13. The van der Waals surface area contributed by atoms with E-state index < -0.39 is 0 Å². The van der Waals surface area contributed by atoms with Crippen LogP contribution in [0.5, 0.6) is 0 Å². The molecule has 0 bridgehead atoms. The molecule has 1 aliphatic heterocycles. The SMILES string of the molecule is Cc1ccn(C2CCCNCC2)n1. The smallest absolute Gasteiger partial charge is 0.0593 e. The lowest BCUT2D eigenvalue weighted by atomic mass is 10.1. The largest absolute Gasteiger partial charge is 0.317 e. The van der Waals surface area contributed by atoms with Gasteiger partial charge < -0.3 is 5.32 Å². The minimum atomic E-state index is 0.615. The Morgan fingerprint density at radius 1 is 1.46 bits per heavy atom. The molecule has 3 nitrogen and oxygen atoms in total. The van der Waals surface area contributed by atoms with Crippen LogP contribution < -0.4 is 5.32 Å². The second-order valence-electron chi connectivity index (χ2n) is 3.77. The molecule has 2 heterocycles. The predicted octanol–water partition coefficient (Wildman–Crippen LogP) is 1.51. The van der Waals surface area contributed by atoms with Crippen molar-refractivity contribution in [3.8, 4) is 0 Å². The second-order valence-corrected chi connectivity index (χ2v) is 3.77. The quantitative estimate of drug-likeness (QED) is 0.708. The van der Waals surface area contributed by atoms with Crippen molar-refractivity contribution in [3.05, 3.63) is 18.0 Å². The van der Waals surface area contributed by atoms with E-state index >= 15 is 0 Å². The highest BCUT2D eigenvalue weighted by molar-refractivity contribution is 4.96. The summed E-state index contributed by atoms with van der Waals surface area (Å²) < 4.78 is 2.13. The maximum Gasteiger partial charge on any atom is 0.0593 e. The first-order valence-corrected chi connectivity index (χ1v) is 5.09. The Morgan fingerprint density at radius 3 is 3.15 bits per heavy atom. The zero-order chi connectivity index (χ0) is 9.10. The van der Waals surface area contributed by atoms with Crippen molar-refractivity contribution in [2.45, 2.75) is 32.2 Å². The van der Waals surface area contributed by atoms with E-state index in [0.29, 0.717) is 6.04 Å². The van der Waals surface area contributed by atoms with Crippen molar-refractivity contribution in [1.82, 2.24) is 15.1 Å². The fraction of sp³-hybridized carbons (Fsp3) is 0.700. The Morgan fingerprint density at radius 2 is 2.38 bits per heavy atom. The van der Waals surface area contributed by atoms with Gasteiger partial charge in [-0.15, -0.1) is 0 Å².